The number of hydrogen-bond acceptors (Lipinski definition) is 1. The first-order chi connectivity index (χ1) is 9.31. The van der Waals surface area contributed by atoms with Gasteiger partial charge in [0.15, 0.2) is 0 Å². The van der Waals surface area contributed by atoms with Crippen LogP contribution in [0.5, 0.6) is 0 Å². The third-order valence-electron chi connectivity index (χ3n) is 2.88. The molecule has 1 heteroatoms. The lowest BCUT2D eigenvalue weighted by Gasteiger charge is -2.11. The average Bonchev–Trinajstić information content (AvgIpc) is 2.50. The van der Waals surface area contributed by atoms with Crippen LogP contribution in [0.1, 0.15) is 30.5 Å². The highest BCUT2D eigenvalue weighted by Gasteiger charge is 2.04. The highest BCUT2D eigenvalue weighted by atomic mass is 14.8. The van der Waals surface area contributed by atoms with Crippen molar-refractivity contribution in [3.8, 4) is 0 Å². The fraction of sp³-hybridized carbons (Fsp3) is 0.222. The quantitative estimate of drug-likeness (QED) is 0.846. The van der Waals surface area contributed by atoms with Gasteiger partial charge in [0, 0.05) is 18.3 Å². The van der Waals surface area contributed by atoms with Crippen molar-refractivity contribution in [2.45, 2.75) is 20.3 Å². The van der Waals surface area contributed by atoms with Crippen molar-refractivity contribution in [2.75, 3.05) is 7.05 Å². The summed E-state index contributed by atoms with van der Waals surface area (Å²) in [6.45, 7) is 8.03. The summed E-state index contributed by atoms with van der Waals surface area (Å²) < 4.78 is 0. The third kappa shape index (κ3) is 4.29. The van der Waals surface area contributed by atoms with Crippen LogP contribution in [0.2, 0.25) is 0 Å². The smallest absolute Gasteiger partial charge is 0.0341 e. The summed E-state index contributed by atoms with van der Waals surface area (Å²) in [6.07, 6.45) is 0.942. The van der Waals surface area contributed by atoms with E-state index in [0.29, 0.717) is 0 Å². The Bertz CT molecular complexity index is 500. The lowest BCUT2D eigenvalue weighted by atomic mass is 9.98. The lowest BCUT2D eigenvalue weighted by molar-refractivity contribution is 1.10. The van der Waals surface area contributed by atoms with Crippen LogP contribution in [-0.4, -0.2) is 7.05 Å². The second-order valence-corrected chi connectivity index (χ2v) is 4.05. The molecule has 0 radical (unpaired) electrons. The van der Waals surface area contributed by atoms with Crippen LogP contribution in [0.3, 0.4) is 0 Å². The van der Waals surface area contributed by atoms with Gasteiger partial charge < -0.3 is 5.32 Å². The largest absolute Gasteiger partial charge is 0.388 e. The van der Waals surface area contributed by atoms with Crippen molar-refractivity contribution in [1.29, 1.82) is 0 Å². The molecule has 0 aliphatic heterocycles. The Morgan fingerprint density at radius 1 is 0.947 bits per heavy atom. The fourth-order valence-electron chi connectivity index (χ4n) is 1.92. The maximum absolute atomic E-state index is 4.03. The van der Waals surface area contributed by atoms with Gasteiger partial charge in [0.05, 0.1) is 0 Å². The van der Waals surface area contributed by atoms with E-state index in [1.54, 1.807) is 0 Å². The molecule has 0 atom stereocenters. The molecule has 0 bridgehead atoms. The van der Waals surface area contributed by atoms with Crippen LogP contribution in [0, 0.1) is 0 Å². The van der Waals surface area contributed by atoms with Gasteiger partial charge >= 0.3 is 0 Å². The van der Waals surface area contributed by atoms with E-state index in [4.69, 9.17) is 0 Å². The SMILES string of the molecule is C=C(NC)c1ccccc1Cc1ccccc1.CC. The molecule has 2 aromatic rings. The van der Waals surface area contributed by atoms with Crippen LogP contribution in [0.4, 0.5) is 0 Å². The molecule has 19 heavy (non-hydrogen) atoms. The molecule has 1 nitrogen and oxygen atoms in total. The van der Waals surface area contributed by atoms with E-state index in [2.05, 4.69) is 54.4 Å². The summed E-state index contributed by atoms with van der Waals surface area (Å²) in [6, 6.07) is 18.9. The highest BCUT2D eigenvalue weighted by Crippen LogP contribution is 2.18. The lowest BCUT2D eigenvalue weighted by Crippen LogP contribution is -2.05. The van der Waals surface area contributed by atoms with Gasteiger partial charge in [-0.2, -0.15) is 0 Å². The normalized spacial score (nSPS) is 9.21. The number of hydrogen-bond donors (Lipinski definition) is 1. The number of rotatable bonds is 4. The Morgan fingerprint density at radius 2 is 1.53 bits per heavy atom. The predicted molar refractivity (Wildman–Crippen MR) is 85.1 cm³/mol. The standard InChI is InChI=1S/C16H17N.C2H6/c1-13(17-2)16-11-7-6-10-15(16)12-14-8-4-3-5-9-14;1-2/h3-11,17H,1,12H2,2H3;1-2H3. The summed E-state index contributed by atoms with van der Waals surface area (Å²) in [4.78, 5) is 0. The van der Waals surface area contributed by atoms with Gasteiger partial charge in [-0.15, -0.1) is 0 Å². The summed E-state index contributed by atoms with van der Waals surface area (Å²) >= 11 is 0. The van der Waals surface area contributed by atoms with Crippen LogP contribution in [0.15, 0.2) is 61.2 Å². The second kappa shape index (κ2) is 8.15. The molecule has 0 aliphatic carbocycles. The van der Waals surface area contributed by atoms with Gasteiger partial charge in [0.25, 0.3) is 0 Å². The topological polar surface area (TPSA) is 12.0 Å². The van der Waals surface area contributed by atoms with Gasteiger partial charge in [0.1, 0.15) is 0 Å². The van der Waals surface area contributed by atoms with Crippen LogP contribution in [0.25, 0.3) is 5.70 Å². The van der Waals surface area contributed by atoms with Gasteiger partial charge in [-0.05, 0) is 17.5 Å². The Hall–Kier alpha value is -2.02. The van der Waals surface area contributed by atoms with Crippen molar-refractivity contribution < 1.29 is 0 Å². The van der Waals surface area contributed by atoms with Crippen molar-refractivity contribution in [3.05, 3.63) is 77.9 Å². The number of nitrogens with one attached hydrogen (secondary N) is 1. The average molecular weight is 253 g/mol. The molecular weight excluding hydrogens is 230 g/mol. The molecule has 0 heterocycles. The van der Waals surface area contributed by atoms with Crippen molar-refractivity contribution in [2.24, 2.45) is 0 Å². The molecule has 0 unspecified atom stereocenters. The zero-order chi connectivity index (χ0) is 14.1. The summed E-state index contributed by atoms with van der Waals surface area (Å²) in [7, 11) is 1.90. The maximum Gasteiger partial charge on any atom is 0.0341 e. The first kappa shape index (κ1) is 15.0. The molecular formula is C18H23N. The van der Waals surface area contributed by atoms with Crippen LogP contribution in [-0.2, 0) is 6.42 Å². The van der Waals surface area contributed by atoms with E-state index in [1.807, 2.05) is 33.0 Å². The minimum atomic E-state index is 0.942. The molecule has 0 aromatic heterocycles. The van der Waals surface area contributed by atoms with Crippen molar-refractivity contribution in [3.63, 3.8) is 0 Å². The predicted octanol–water partition coefficient (Wildman–Crippen LogP) is 4.49. The van der Waals surface area contributed by atoms with E-state index >= 15 is 0 Å². The number of benzene rings is 2. The Balaban J connectivity index is 0.000000861. The molecule has 1 N–H and O–H groups in total. The molecule has 0 saturated carbocycles. The first-order valence-corrected chi connectivity index (χ1v) is 6.80. The molecule has 0 fully saturated rings. The van der Waals surface area contributed by atoms with E-state index in [9.17, 15) is 0 Å². The zero-order valence-electron chi connectivity index (χ0n) is 12.1. The van der Waals surface area contributed by atoms with E-state index in [0.717, 1.165) is 12.1 Å². The third-order valence-corrected chi connectivity index (χ3v) is 2.88. The van der Waals surface area contributed by atoms with E-state index in [1.165, 1.54) is 16.7 Å². The van der Waals surface area contributed by atoms with Gasteiger partial charge in [-0.1, -0.05) is 75.0 Å². The van der Waals surface area contributed by atoms with E-state index < -0.39 is 0 Å². The Labute approximate surface area is 117 Å². The molecule has 2 aromatic carbocycles. The van der Waals surface area contributed by atoms with E-state index in [-0.39, 0.29) is 0 Å². The minimum absolute atomic E-state index is 0.942. The minimum Gasteiger partial charge on any atom is -0.388 e. The van der Waals surface area contributed by atoms with Gasteiger partial charge in [-0.3, -0.25) is 0 Å². The Morgan fingerprint density at radius 3 is 2.16 bits per heavy atom. The van der Waals surface area contributed by atoms with Crippen LogP contribution < -0.4 is 5.32 Å². The van der Waals surface area contributed by atoms with Crippen molar-refractivity contribution >= 4 is 5.70 Å². The van der Waals surface area contributed by atoms with Crippen molar-refractivity contribution in [1.82, 2.24) is 5.32 Å². The van der Waals surface area contributed by atoms with Gasteiger partial charge in [0.2, 0.25) is 0 Å². The molecule has 0 amide bonds. The monoisotopic (exact) mass is 253 g/mol. The molecule has 0 spiro atoms. The second-order valence-electron chi connectivity index (χ2n) is 4.05. The van der Waals surface area contributed by atoms with Gasteiger partial charge in [-0.25, -0.2) is 0 Å². The first-order valence-electron chi connectivity index (χ1n) is 6.80. The fourth-order valence-corrected chi connectivity index (χ4v) is 1.92. The Kier molecular flexibility index (Phi) is 6.45. The molecule has 0 aliphatic rings. The molecule has 100 valence electrons. The molecule has 0 saturated heterocycles. The maximum atomic E-state index is 4.03. The highest BCUT2D eigenvalue weighted by molar-refractivity contribution is 5.65. The molecule has 2 rings (SSSR count). The summed E-state index contributed by atoms with van der Waals surface area (Å²) in [5.41, 5.74) is 4.79. The summed E-state index contributed by atoms with van der Waals surface area (Å²) in [5.74, 6) is 0. The summed E-state index contributed by atoms with van der Waals surface area (Å²) in [5, 5.41) is 3.11. The zero-order valence-corrected chi connectivity index (χ0v) is 12.1. The van der Waals surface area contributed by atoms with Crippen LogP contribution >= 0.6 is 0 Å².